The second-order valence-corrected chi connectivity index (χ2v) is 13.8. The summed E-state index contributed by atoms with van der Waals surface area (Å²) < 4.78 is 33.1. The topological polar surface area (TPSA) is 96.0 Å². The predicted molar refractivity (Wildman–Crippen MR) is 188 cm³/mol. The number of nitrogens with zero attached hydrogens (tertiary/aromatic N) is 2. The van der Waals surface area contributed by atoms with Gasteiger partial charge in [0.25, 0.3) is 0 Å². The van der Waals surface area contributed by atoms with E-state index in [2.05, 4.69) is 5.32 Å². The molecule has 0 fully saturated rings. The minimum Gasteiger partial charge on any atom is -0.489 e. The number of sulfonamides is 1. The van der Waals surface area contributed by atoms with Crippen LogP contribution in [0.2, 0.25) is 10.0 Å². The molecule has 0 radical (unpaired) electrons. The lowest BCUT2D eigenvalue weighted by Crippen LogP contribution is -2.53. The standard InChI is InChI=1S/C36H39Cl2N3O5S/c1-3-4-22-39-36(43)34(23-27-12-7-5-8-13-27)40(24-31-32(37)16-11-17-33(31)38)35(42)25-41(47(2,44)45)29-18-20-30(21-19-29)46-26-28-14-9-6-10-15-28/h5-21,34H,3-4,22-26H2,1-2H3,(H,39,43)/t34-/m1/s1. The first kappa shape index (κ1) is 35.8. The number of ether oxygens (including phenoxy) is 1. The van der Waals surface area contributed by atoms with Crippen molar-refractivity contribution in [3.8, 4) is 5.75 Å². The Morgan fingerprint density at radius 2 is 1.43 bits per heavy atom. The van der Waals surface area contributed by atoms with Crippen molar-refractivity contribution in [3.63, 3.8) is 0 Å². The molecule has 1 N–H and O–H groups in total. The number of benzene rings is 4. The van der Waals surface area contributed by atoms with Crippen LogP contribution in [0.1, 0.15) is 36.5 Å². The summed E-state index contributed by atoms with van der Waals surface area (Å²) in [5, 5.41) is 3.61. The van der Waals surface area contributed by atoms with Crippen molar-refractivity contribution < 1.29 is 22.7 Å². The molecule has 0 bridgehead atoms. The zero-order valence-corrected chi connectivity index (χ0v) is 28.8. The molecule has 47 heavy (non-hydrogen) atoms. The van der Waals surface area contributed by atoms with Crippen molar-refractivity contribution in [1.82, 2.24) is 10.2 Å². The summed E-state index contributed by atoms with van der Waals surface area (Å²) >= 11 is 13.1. The van der Waals surface area contributed by atoms with E-state index in [1.807, 2.05) is 67.6 Å². The Balaban J connectivity index is 1.66. The summed E-state index contributed by atoms with van der Waals surface area (Å²) in [6.45, 7) is 2.13. The van der Waals surface area contributed by atoms with Gasteiger partial charge in [-0.25, -0.2) is 8.42 Å². The van der Waals surface area contributed by atoms with Gasteiger partial charge in [0.15, 0.2) is 0 Å². The first-order valence-electron chi connectivity index (χ1n) is 15.3. The molecule has 4 aromatic rings. The Labute approximate surface area is 287 Å². The normalized spacial score (nSPS) is 11.8. The van der Waals surface area contributed by atoms with Gasteiger partial charge in [-0.15, -0.1) is 0 Å². The molecule has 4 rings (SSSR count). The van der Waals surface area contributed by atoms with Gasteiger partial charge >= 0.3 is 0 Å². The molecule has 0 saturated heterocycles. The van der Waals surface area contributed by atoms with Crippen molar-refractivity contribution >= 4 is 50.7 Å². The molecular formula is C36H39Cl2N3O5S. The van der Waals surface area contributed by atoms with E-state index in [1.54, 1.807) is 42.5 Å². The predicted octanol–water partition coefficient (Wildman–Crippen LogP) is 6.89. The molecule has 8 nitrogen and oxygen atoms in total. The van der Waals surface area contributed by atoms with Gasteiger partial charge in [-0.2, -0.15) is 0 Å². The molecule has 0 aliphatic rings. The molecule has 0 heterocycles. The van der Waals surface area contributed by atoms with Crippen LogP contribution < -0.4 is 14.4 Å². The number of anilines is 1. The molecule has 4 aromatic carbocycles. The summed E-state index contributed by atoms with van der Waals surface area (Å²) in [6.07, 6.45) is 2.87. The van der Waals surface area contributed by atoms with Crippen LogP contribution in [0.25, 0.3) is 0 Å². The Hall–Kier alpha value is -4.05. The Morgan fingerprint density at radius 1 is 0.830 bits per heavy atom. The van der Waals surface area contributed by atoms with Gasteiger partial charge in [-0.1, -0.05) is 103 Å². The molecule has 0 spiro atoms. The largest absolute Gasteiger partial charge is 0.489 e. The van der Waals surface area contributed by atoms with E-state index in [-0.39, 0.29) is 24.6 Å². The Kier molecular flexibility index (Phi) is 13.1. The number of hydrogen-bond acceptors (Lipinski definition) is 5. The average Bonchev–Trinajstić information content (AvgIpc) is 3.06. The number of nitrogens with one attached hydrogen (secondary N) is 1. The highest BCUT2D eigenvalue weighted by molar-refractivity contribution is 7.92. The fourth-order valence-corrected chi connectivity index (χ4v) is 6.34. The van der Waals surface area contributed by atoms with Crippen LogP contribution in [0.4, 0.5) is 5.69 Å². The third-order valence-electron chi connectivity index (χ3n) is 7.54. The Morgan fingerprint density at radius 3 is 2.00 bits per heavy atom. The number of carbonyl (C=O) groups is 2. The second kappa shape index (κ2) is 17.2. The lowest BCUT2D eigenvalue weighted by Gasteiger charge is -2.34. The number of amides is 2. The highest BCUT2D eigenvalue weighted by Gasteiger charge is 2.33. The fourth-order valence-electron chi connectivity index (χ4n) is 4.98. The first-order valence-corrected chi connectivity index (χ1v) is 18.0. The van der Waals surface area contributed by atoms with E-state index in [4.69, 9.17) is 27.9 Å². The monoisotopic (exact) mass is 695 g/mol. The van der Waals surface area contributed by atoms with Crippen LogP contribution in [-0.2, 0) is 39.2 Å². The third kappa shape index (κ3) is 10.5. The smallest absolute Gasteiger partial charge is 0.244 e. The molecule has 1 atom stereocenters. The number of hydrogen-bond donors (Lipinski definition) is 1. The van der Waals surface area contributed by atoms with Crippen LogP contribution in [-0.4, -0.2) is 50.5 Å². The van der Waals surface area contributed by atoms with Crippen molar-refractivity contribution in [2.24, 2.45) is 0 Å². The fraction of sp³-hybridized carbons (Fsp3) is 0.278. The molecule has 0 aliphatic carbocycles. The van der Waals surface area contributed by atoms with E-state index >= 15 is 0 Å². The van der Waals surface area contributed by atoms with E-state index in [0.717, 1.165) is 34.5 Å². The lowest BCUT2D eigenvalue weighted by molar-refractivity contribution is -0.140. The zero-order valence-electron chi connectivity index (χ0n) is 26.4. The summed E-state index contributed by atoms with van der Waals surface area (Å²) in [5.74, 6) is -0.411. The average molecular weight is 697 g/mol. The Bertz CT molecular complexity index is 1700. The summed E-state index contributed by atoms with van der Waals surface area (Å²) in [4.78, 5) is 29.5. The minimum atomic E-state index is -3.93. The molecule has 0 aliphatic heterocycles. The maximum absolute atomic E-state index is 14.3. The maximum Gasteiger partial charge on any atom is 0.244 e. The van der Waals surface area contributed by atoms with Gasteiger partial charge in [0.1, 0.15) is 24.9 Å². The summed E-state index contributed by atoms with van der Waals surface area (Å²) in [6, 6.07) is 29.5. The second-order valence-electron chi connectivity index (χ2n) is 11.1. The number of carbonyl (C=O) groups excluding carboxylic acids is 2. The van der Waals surface area contributed by atoms with Gasteiger partial charge in [0.2, 0.25) is 21.8 Å². The van der Waals surface area contributed by atoms with Crippen LogP contribution in [0.5, 0.6) is 5.75 Å². The zero-order chi connectivity index (χ0) is 33.8. The highest BCUT2D eigenvalue weighted by Crippen LogP contribution is 2.28. The molecule has 0 unspecified atom stereocenters. The molecule has 11 heteroatoms. The van der Waals surface area contributed by atoms with Gasteiger partial charge in [-0.3, -0.25) is 13.9 Å². The molecule has 248 valence electrons. The lowest BCUT2D eigenvalue weighted by atomic mass is 10.0. The quantitative estimate of drug-likeness (QED) is 0.129. The number of unbranched alkanes of at least 4 members (excludes halogenated alkanes) is 1. The van der Waals surface area contributed by atoms with Crippen molar-refractivity contribution in [2.45, 2.75) is 45.4 Å². The minimum absolute atomic E-state index is 0.111. The van der Waals surface area contributed by atoms with E-state index < -0.39 is 28.5 Å². The molecule has 2 amide bonds. The summed E-state index contributed by atoms with van der Waals surface area (Å²) in [5.41, 5.74) is 2.55. The summed E-state index contributed by atoms with van der Waals surface area (Å²) in [7, 11) is -3.93. The third-order valence-corrected chi connectivity index (χ3v) is 9.39. The van der Waals surface area contributed by atoms with Gasteiger partial charge < -0.3 is 15.0 Å². The van der Waals surface area contributed by atoms with E-state index in [0.29, 0.717) is 34.5 Å². The van der Waals surface area contributed by atoms with Crippen molar-refractivity contribution in [3.05, 3.63) is 130 Å². The van der Waals surface area contributed by atoms with Crippen LogP contribution in [0.3, 0.4) is 0 Å². The van der Waals surface area contributed by atoms with Crippen molar-refractivity contribution in [1.29, 1.82) is 0 Å². The molecule has 0 aromatic heterocycles. The van der Waals surface area contributed by atoms with Crippen LogP contribution >= 0.6 is 23.2 Å². The van der Waals surface area contributed by atoms with E-state index in [9.17, 15) is 18.0 Å². The maximum atomic E-state index is 14.3. The first-order chi connectivity index (χ1) is 22.6. The molecular weight excluding hydrogens is 657 g/mol. The van der Waals surface area contributed by atoms with Crippen molar-refractivity contribution in [2.75, 3.05) is 23.7 Å². The van der Waals surface area contributed by atoms with Crippen LogP contribution in [0.15, 0.2) is 103 Å². The molecule has 0 saturated carbocycles. The van der Waals surface area contributed by atoms with Gasteiger partial charge in [-0.05, 0) is 53.9 Å². The number of rotatable bonds is 16. The van der Waals surface area contributed by atoms with E-state index in [1.165, 1.54) is 4.90 Å². The van der Waals surface area contributed by atoms with Crippen LogP contribution in [0, 0.1) is 0 Å². The van der Waals surface area contributed by atoms with Gasteiger partial charge in [0.05, 0.1) is 11.9 Å². The SMILES string of the molecule is CCCCNC(=O)[C@@H](Cc1ccccc1)N(Cc1c(Cl)cccc1Cl)C(=O)CN(c1ccc(OCc2ccccc2)cc1)S(C)(=O)=O. The van der Waals surface area contributed by atoms with Gasteiger partial charge in [0, 0.05) is 35.1 Å². The highest BCUT2D eigenvalue weighted by atomic mass is 35.5. The number of halogens is 2.